The van der Waals surface area contributed by atoms with E-state index in [9.17, 15) is 9.90 Å². The first-order chi connectivity index (χ1) is 21.1. The number of aryl methyl sites for hydroxylation is 3. The number of aliphatic carboxylic acids is 1. The Labute approximate surface area is 258 Å². The third-order valence-corrected chi connectivity index (χ3v) is 9.31. The van der Waals surface area contributed by atoms with Crippen LogP contribution in [0.4, 0.5) is 0 Å². The topological polar surface area (TPSA) is 93.4 Å². The fourth-order valence-corrected chi connectivity index (χ4v) is 6.73. The van der Waals surface area contributed by atoms with Crippen LogP contribution in [-0.2, 0) is 24.9 Å². The third-order valence-electron chi connectivity index (χ3n) is 9.31. The average molecular weight is 592 g/mol. The molecule has 2 aromatic heterocycles. The number of carboxylic acid groups (broad SMARTS) is 1. The van der Waals surface area contributed by atoms with E-state index < -0.39 is 11.4 Å². The van der Waals surface area contributed by atoms with Crippen LogP contribution < -0.4 is 4.74 Å². The first kappa shape index (κ1) is 29.8. The second-order valence-electron chi connectivity index (χ2n) is 12.9. The summed E-state index contributed by atoms with van der Waals surface area (Å²) in [4.78, 5) is 19.8. The molecule has 3 heterocycles. The Morgan fingerprint density at radius 2 is 1.95 bits per heavy atom. The van der Waals surface area contributed by atoms with Crippen molar-refractivity contribution in [1.29, 1.82) is 0 Å². The minimum Gasteiger partial charge on any atom is -0.489 e. The third kappa shape index (κ3) is 5.43. The minimum atomic E-state index is -1.07. The molecule has 6 rings (SSSR count). The monoisotopic (exact) mass is 591 g/mol. The molecule has 3 aromatic carbocycles. The summed E-state index contributed by atoms with van der Waals surface area (Å²) < 4.78 is 8.35. The van der Waals surface area contributed by atoms with E-state index >= 15 is 0 Å². The van der Waals surface area contributed by atoms with E-state index in [4.69, 9.17) is 4.74 Å². The molecule has 0 aliphatic carbocycles. The van der Waals surface area contributed by atoms with Crippen LogP contribution in [0.25, 0.3) is 21.9 Å². The van der Waals surface area contributed by atoms with Gasteiger partial charge in [0.15, 0.2) is 0 Å². The maximum absolute atomic E-state index is 12.7. The Kier molecular flexibility index (Phi) is 7.88. The van der Waals surface area contributed by atoms with Crippen LogP contribution in [0.5, 0.6) is 5.75 Å². The lowest BCUT2D eigenvalue weighted by molar-refractivity contribution is -0.147. The highest BCUT2D eigenvalue weighted by Gasteiger charge is 2.40. The predicted molar refractivity (Wildman–Crippen MR) is 173 cm³/mol. The molecule has 2 atom stereocenters. The molecule has 2 unspecified atom stereocenters. The SMILES string of the molecule is CCCC1CN(Cc2cc(C(c3ccc4c(nnn4C)c3C)C(C)(C)C(=O)O)ccc2C)Cc2cc3ncccc3cc2O1. The van der Waals surface area contributed by atoms with Gasteiger partial charge in [0.05, 0.1) is 16.4 Å². The number of ether oxygens (including phenoxy) is 1. The molecule has 0 fully saturated rings. The molecule has 0 bridgehead atoms. The number of hydrogen-bond donors (Lipinski definition) is 1. The zero-order chi connectivity index (χ0) is 31.2. The Hall–Kier alpha value is -4.30. The highest BCUT2D eigenvalue weighted by atomic mass is 16.5. The Bertz CT molecular complexity index is 1860. The van der Waals surface area contributed by atoms with E-state index in [1.54, 1.807) is 4.68 Å². The van der Waals surface area contributed by atoms with Crippen LogP contribution in [0.1, 0.15) is 72.9 Å². The molecular weight excluding hydrogens is 550 g/mol. The fourth-order valence-electron chi connectivity index (χ4n) is 6.73. The van der Waals surface area contributed by atoms with Gasteiger partial charge in [0, 0.05) is 49.7 Å². The molecule has 1 N–H and O–H groups in total. The maximum atomic E-state index is 12.7. The summed E-state index contributed by atoms with van der Waals surface area (Å²) in [7, 11) is 1.87. The molecule has 8 nitrogen and oxygen atoms in total. The molecule has 44 heavy (non-hydrogen) atoms. The van der Waals surface area contributed by atoms with Crippen LogP contribution in [0, 0.1) is 19.3 Å². The normalized spacial score (nSPS) is 16.5. The molecule has 8 heteroatoms. The van der Waals surface area contributed by atoms with E-state index in [1.807, 2.05) is 52.2 Å². The van der Waals surface area contributed by atoms with Crippen molar-refractivity contribution < 1.29 is 14.6 Å². The molecule has 1 aliphatic rings. The van der Waals surface area contributed by atoms with E-state index in [-0.39, 0.29) is 12.0 Å². The predicted octanol–water partition coefficient (Wildman–Crippen LogP) is 6.94. The van der Waals surface area contributed by atoms with Gasteiger partial charge >= 0.3 is 5.97 Å². The Morgan fingerprint density at radius 3 is 2.73 bits per heavy atom. The van der Waals surface area contributed by atoms with E-state index in [1.165, 1.54) is 11.1 Å². The lowest BCUT2D eigenvalue weighted by Crippen LogP contribution is -2.33. The van der Waals surface area contributed by atoms with Gasteiger partial charge in [-0.3, -0.25) is 14.7 Å². The minimum absolute atomic E-state index is 0.0823. The molecule has 0 amide bonds. The smallest absolute Gasteiger partial charge is 0.310 e. The summed E-state index contributed by atoms with van der Waals surface area (Å²) in [5.41, 5.74) is 8.04. The summed E-state index contributed by atoms with van der Waals surface area (Å²) >= 11 is 0. The summed E-state index contributed by atoms with van der Waals surface area (Å²) in [5.74, 6) is -0.285. The quantitative estimate of drug-likeness (QED) is 0.209. The van der Waals surface area contributed by atoms with Gasteiger partial charge in [-0.1, -0.05) is 48.9 Å². The van der Waals surface area contributed by atoms with Crippen LogP contribution in [0.2, 0.25) is 0 Å². The van der Waals surface area contributed by atoms with Gasteiger partial charge in [-0.05, 0) is 86.2 Å². The molecule has 0 saturated carbocycles. The molecule has 228 valence electrons. The zero-order valence-corrected chi connectivity index (χ0v) is 26.5. The number of hydrogen-bond acceptors (Lipinski definition) is 6. The number of nitrogens with zero attached hydrogens (tertiary/aromatic N) is 5. The first-order valence-corrected chi connectivity index (χ1v) is 15.4. The molecule has 5 aromatic rings. The zero-order valence-electron chi connectivity index (χ0n) is 26.5. The second-order valence-corrected chi connectivity index (χ2v) is 12.9. The van der Waals surface area contributed by atoms with Crippen molar-refractivity contribution in [2.24, 2.45) is 12.5 Å². The molecule has 0 saturated heterocycles. The lowest BCUT2D eigenvalue weighted by Gasteiger charge is -2.33. The number of carboxylic acids is 1. The molecular formula is C36H41N5O3. The van der Waals surface area contributed by atoms with Crippen molar-refractivity contribution in [3.05, 3.63) is 94.2 Å². The number of carbonyl (C=O) groups is 1. The second kappa shape index (κ2) is 11.7. The Balaban J connectivity index is 1.40. The van der Waals surface area contributed by atoms with E-state index in [2.05, 4.69) is 70.4 Å². The van der Waals surface area contributed by atoms with Crippen molar-refractivity contribution in [1.82, 2.24) is 24.9 Å². The number of aromatic nitrogens is 4. The van der Waals surface area contributed by atoms with Gasteiger partial charge in [0.2, 0.25) is 0 Å². The number of rotatable bonds is 8. The van der Waals surface area contributed by atoms with Crippen molar-refractivity contribution in [2.45, 2.75) is 72.6 Å². The standard InChI is InChI=1S/C36H41N5O3/c1-7-9-28-21-41(20-27-17-30-24(10-8-15-37-30)18-32(27)44-28)19-26-16-25(12-11-22(26)2)33(36(4,5)35(42)43)29-13-14-31-34(23(29)3)38-39-40(31)6/h8,10-18,28,33H,7,9,19-21H2,1-6H3,(H,42,43). The van der Waals surface area contributed by atoms with Crippen molar-refractivity contribution in [3.63, 3.8) is 0 Å². The maximum Gasteiger partial charge on any atom is 0.310 e. The number of fused-ring (bicyclic) bond motifs is 3. The summed E-state index contributed by atoms with van der Waals surface area (Å²) in [6.07, 6.45) is 3.93. The fraction of sp³-hybridized carbons (Fsp3) is 0.389. The molecule has 0 spiro atoms. The van der Waals surface area contributed by atoms with Gasteiger partial charge in [-0.15, -0.1) is 5.10 Å². The largest absolute Gasteiger partial charge is 0.489 e. The Morgan fingerprint density at radius 1 is 1.14 bits per heavy atom. The highest BCUT2D eigenvalue weighted by molar-refractivity contribution is 5.82. The number of pyridine rings is 1. The highest BCUT2D eigenvalue weighted by Crippen LogP contribution is 2.44. The van der Waals surface area contributed by atoms with Crippen LogP contribution >= 0.6 is 0 Å². The van der Waals surface area contributed by atoms with Gasteiger partial charge in [-0.2, -0.15) is 0 Å². The van der Waals surface area contributed by atoms with Crippen molar-refractivity contribution in [3.8, 4) is 5.75 Å². The van der Waals surface area contributed by atoms with Gasteiger partial charge in [0.25, 0.3) is 0 Å². The summed E-state index contributed by atoms with van der Waals surface area (Å²) in [5, 5.41) is 20.1. The first-order valence-electron chi connectivity index (χ1n) is 15.4. The summed E-state index contributed by atoms with van der Waals surface area (Å²) in [6.45, 7) is 12.3. The molecule has 1 aliphatic heterocycles. The van der Waals surface area contributed by atoms with Gasteiger partial charge in [0.1, 0.15) is 17.4 Å². The van der Waals surface area contributed by atoms with Gasteiger partial charge < -0.3 is 9.84 Å². The van der Waals surface area contributed by atoms with Gasteiger partial charge in [-0.25, -0.2) is 4.68 Å². The van der Waals surface area contributed by atoms with Crippen molar-refractivity contribution >= 4 is 27.9 Å². The number of benzene rings is 3. The van der Waals surface area contributed by atoms with E-state index in [0.717, 1.165) is 82.4 Å². The lowest BCUT2D eigenvalue weighted by atomic mass is 9.69. The summed E-state index contributed by atoms with van der Waals surface area (Å²) in [6, 6.07) is 18.8. The molecule has 0 radical (unpaired) electrons. The van der Waals surface area contributed by atoms with Crippen LogP contribution in [0.3, 0.4) is 0 Å². The average Bonchev–Trinajstić information content (AvgIpc) is 3.28. The van der Waals surface area contributed by atoms with Crippen LogP contribution in [0.15, 0.2) is 60.8 Å². The van der Waals surface area contributed by atoms with Crippen molar-refractivity contribution in [2.75, 3.05) is 6.54 Å². The van der Waals surface area contributed by atoms with E-state index in [0.29, 0.717) is 0 Å². The van der Waals surface area contributed by atoms with Crippen LogP contribution in [-0.4, -0.2) is 48.6 Å².